The largest absolute Gasteiger partial charge is 0.399 e. The van der Waals surface area contributed by atoms with Gasteiger partial charge < -0.3 is 14.3 Å². The lowest BCUT2D eigenvalue weighted by Gasteiger charge is -2.34. The Morgan fingerprint density at radius 1 is 1.06 bits per heavy atom. The van der Waals surface area contributed by atoms with Gasteiger partial charge in [0.05, 0.1) is 17.9 Å². The number of nitrogens with zero attached hydrogens (tertiary/aromatic N) is 1. The van der Waals surface area contributed by atoms with E-state index in [1.54, 1.807) is 21.3 Å². The van der Waals surface area contributed by atoms with E-state index in [9.17, 15) is 0 Å². The monoisotopic (exact) mass is 253 g/mol. The molecule has 0 aliphatic heterocycles. The third-order valence-corrected chi connectivity index (χ3v) is 5.45. The van der Waals surface area contributed by atoms with Gasteiger partial charge in [0.25, 0.3) is 0 Å². The van der Waals surface area contributed by atoms with Crippen LogP contribution in [0.1, 0.15) is 32.1 Å². The molecular formula is C14H23NO3. The Bertz CT molecular complexity index is 343. The Morgan fingerprint density at radius 3 is 2.28 bits per heavy atom. The molecule has 4 heteroatoms. The normalized spacial score (nSPS) is 48.5. The summed E-state index contributed by atoms with van der Waals surface area (Å²) in [5.41, 5.74) is 1.49. The predicted molar refractivity (Wildman–Crippen MR) is 68.5 cm³/mol. The van der Waals surface area contributed by atoms with Crippen LogP contribution in [-0.2, 0) is 14.3 Å². The van der Waals surface area contributed by atoms with Crippen LogP contribution in [0.4, 0.5) is 0 Å². The van der Waals surface area contributed by atoms with Crippen molar-refractivity contribution in [3.8, 4) is 0 Å². The van der Waals surface area contributed by atoms with Crippen LogP contribution in [0.5, 0.6) is 0 Å². The first-order valence-corrected chi connectivity index (χ1v) is 6.92. The summed E-state index contributed by atoms with van der Waals surface area (Å²) in [6.07, 6.45) is 6.41. The summed E-state index contributed by atoms with van der Waals surface area (Å²) in [5, 5.41) is 4.38. The minimum absolute atomic E-state index is 0.195. The first kappa shape index (κ1) is 12.4. The highest BCUT2D eigenvalue weighted by molar-refractivity contribution is 5.95. The molecule has 1 spiro atoms. The summed E-state index contributed by atoms with van der Waals surface area (Å²) in [6, 6.07) is 0. The second kappa shape index (κ2) is 4.49. The summed E-state index contributed by atoms with van der Waals surface area (Å²) in [5.74, 6) is 1.40. The Kier molecular flexibility index (Phi) is 3.10. The second-order valence-corrected chi connectivity index (χ2v) is 5.98. The standard InChI is InChI=1S/C14H23NO3/c1-16-11-7-14(8-12(11)17-2)10-5-4-9(6-10)13(14)15-18-3/h9-12H,4-8H2,1-3H3. The van der Waals surface area contributed by atoms with Crippen molar-refractivity contribution < 1.29 is 14.3 Å². The molecule has 0 aromatic heterocycles. The van der Waals surface area contributed by atoms with Crippen molar-refractivity contribution >= 4 is 5.71 Å². The number of fused-ring (bicyclic) bond motifs is 3. The Labute approximate surface area is 109 Å². The van der Waals surface area contributed by atoms with E-state index in [2.05, 4.69) is 5.16 Å². The maximum Gasteiger partial charge on any atom is 0.106 e. The molecule has 0 radical (unpaired) electrons. The number of oxime groups is 1. The first-order valence-electron chi connectivity index (χ1n) is 6.92. The van der Waals surface area contributed by atoms with Crippen molar-refractivity contribution in [2.45, 2.75) is 44.3 Å². The van der Waals surface area contributed by atoms with Crippen LogP contribution < -0.4 is 0 Å². The summed E-state index contributed by atoms with van der Waals surface area (Å²) in [7, 11) is 5.23. The number of ether oxygens (including phenoxy) is 2. The fourth-order valence-corrected chi connectivity index (χ4v) is 4.69. The molecule has 0 saturated heterocycles. The molecule has 3 aliphatic carbocycles. The van der Waals surface area contributed by atoms with Crippen LogP contribution in [0.2, 0.25) is 0 Å². The van der Waals surface area contributed by atoms with Gasteiger partial charge in [-0.05, 0) is 38.0 Å². The van der Waals surface area contributed by atoms with Crippen molar-refractivity contribution in [2.75, 3.05) is 21.3 Å². The minimum atomic E-state index is 0.195. The molecule has 3 fully saturated rings. The summed E-state index contributed by atoms with van der Waals surface area (Å²) >= 11 is 0. The molecule has 0 aromatic carbocycles. The number of methoxy groups -OCH3 is 2. The molecule has 0 heterocycles. The summed E-state index contributed by atoms with van der Waals surface area (Å²) in [4.78, 5) is 5.11. The van der Waals surface area contributed by atoms with E-state index in [0.29, 0.717) is 5.92 Å². The lowest BCUT2D eigenvalue weighted by molar-refractivity contribution is -0.0157. The molecule has 0 N–H and O–H groups in total. The van der Waals surface area contributed by atoms with E-state index >= 15 is 0 Å². The van der Waals surface area contributed by atoms with Crippen LogP contribution in [0.3, 0.4) is 0 Å². The molecule has 4 atom stereocenters. The lowest BCUT2D eigenvalue weighted by atomic mass is 9.70. The number of hydrogen-bond donors (Lipinski definition) is 0. The third kappa shape index (κ3) is 1.55. The maximum absolute atomic E-state index is 5.61. The smallest absolute Gasteiger partial charge is 0.106 e. The highest BCUT2D eigenvalue weighted by Gasteiger charge is 2.61. The van der Waals surface area contributed by atoms with Gasteiger partial charge in [0.1, 0.15) is 7.11 Å². The SMILES string of the molecule is CON=C1C2CCC(C2)C12CC(OC)C(OC)C2. The van der Waals surface area contributed by atoms with Crippen molar-refractivity contribution in [2.24, 2.45) is 22.4 Å². The molecule has 18 heavy (non-hydrogen) atoms. The first-order chi connectivity index (χ1) is 8.75. The van der Waals surface area contributed by atoms with Gasteiger partial charge >= 0.3 is 0 Å². The Hall–Kier alpha value is -0.610. The van der Waals surface area contributed by atoms with Crippen molar-refractivity contribution in [1.82, 2.24) is 0 Å². The fraction of sp³-hybridized carbons (Fsp3) is 0.929. The van der Waals surface area contributed by atoms with E-state index in [0.717, 1.165) is 18.8 Å². The fourth-order valence-electron chi connectivity index (χ4n) is 4.69. The summed E-state index contributed by atoms with van der Waals surface area (Å²) < 4.78 is 11.2. The van der Waals surface area contributed by atoms with E-state index in [-0.39, 0.29) is 17.6 Å². The molecule has 3 rings (SSSR count). The highest BCUT2D eigenvalue weighted by atomic mass is 16.6. The van der Waals surface area contributed by atoms with Gasteiger partial charge in [0.15, 0.2) is 0 Å². The zero-order chi connectivity index (χ0) is 12.8. The molecule has 0 aromatic rings. The van der Waals surface area contributed by atoms with Crippen molar-refractivity contribution in [3.63, 3.8) is 0 Å². The van der Waals surface area contributed by atoms with Gasteiger partial charge in [-0.2, -0.15) is 0 Å². The summed E-state index contributed by atoms with van der Waals surface area (Å²) in [6.45, 7) is 0. The molecule has 102 valence electrons. The molecule has 3 saturated carbocycles. The zero-order valence-electron chi connectivity index (χ0n) is 11.5. The number of rotatable bonds is 3. The van der Waals surface area contributed by atoms with Crippen LogP contribution in [0.25, 0.3) is 0 Å². The van der Waals surface area contributed by atoms with Gasteiger partial charge in [0.2, 0.25) is 0 Å². The molecule has 4 unspecified atom stereocenters. The average molecular weight is 253 g/mol. The number of hydrogen-bond acceptors (Lipinski definition) is 4. The molecular weight excluding hydrogens is 230 g/mol. The zero-order valence-corrected chi connectivity index (χ0v) is 11.5. The van der Waals surface area contributed by atoms with E-state index in [4.69, 9.17) is 14.3 Å². The predicted octanol–water partition coefficient (Wildman–Crippen LogP) is 2.23. The maximum atomic E-state index is 5.61. The molecule has 4 nitrogen and oxygen atoms in total. The second-order valence-electron chi connectivity index (χ2n) is 5.98. The topological polar surface area (TPSA) is 40.0 Å². The van der Waals surface area contributed by atoms with E-state index < -0.39 is 0 Å². The van der Waals surface area contributed by atoms with E-state index in [1.165, 1.54) is 25.0 Å². The highest BCUT2D eigenvalue weighted by Crippen LogP contribution is 2.61. The molecule has 2 bridgehead atoms. The average Bonchev–Trinajstić information content (AvgIpc) is 3.06. The van der Waals surface area contributed by atoms with Crippen LogP contribution in [-0.4, -0.2) is 39.2 Å². The Morgan fingerprint density at radius 2 is 1.72 bits per heavy atom. The van der Waals surface area contributed by atoms with E-state index in [1.807, 2.05) is 0 Å². The minimum Gasteiger partial charge on any atom is -0.399 e. The van der Waals surface area contributed by atoms with Crippen LogP contribution >= 0.6 is 0 Å². The van der Waals surface area contributed by atoms with Gasteiger partial charge in [0, 0.05) is 25.6 Å². The quantitative estimate of drug-likeness (QED) is 0.724. The molecule has 3 aliphatic rings. The van der Waals surface area contributed by atoms with Gasteiger partial charge in [-0.15, -0.1) is 0 Å². The molecule has 0 amide bonds. The lowest BCUT2D eigenvalue weighted by Crippen LogP contribution is -2.35. The van der Waals surface area contributed by atoms with Crippen molar-refractivity contribution in [1.29, 1.82) is 0 Å². The van der Waals surface area contributed by atoms with Crippen molar-refractivity contribution in [3.05, 3.63) is 0 Å². The van der Waals surface area contributed by atoms with Gasteiger partial charge in [-0.25, -0.2) is 0 Å². The van der Waals surface area contributed by atoms with Gasteiger partial charge in [-0.1, -0.05) is 5.16 Å². The van der Waals surface area contributed by atoms with Crippen LogP contribution in [0.15, 0.2) is 5.16 Å². The van der Waals surface area contributed by atoms with Gasteiger partial charge in [-0.3, -0.25) is 0 Å². The Balaban J connectivity index is 1.92. The third-order valence-electron chi connectivity index (χ3n) is 5.45. The van der Waals surface area contributed by atoms with Crippen LogP contribution in [0, 0.1) is 17.3 Å².